The molecule has 4 atom stereocenters. The van der Waals surface area contributed by atoms with Gasteiger partial charge in [-0.15, -0.1) is 0 Å². The first kappa shape index (κ1) is 24.1. The maximum absolute atomic E-state index is 12.5. The molecule has 9 heteroatoms. The summed E-state index contributed by atoms with van der Waals surface area (Å²) in [5, 5.41) is 16.8. The Morgan fingerprint density at radius 2 is 1.66 bits per heavy atom. The van der Waals surface area contributed by atoms with Gasteiger partial charge in [0.25, 0.3) is 0 Å². The highest BCUT2D eigenvalue weighted by Crippen LogP contribution is 2.08. The summed E-state index contributed by atoms with van der Waals surface area (Å²) in [5.41, 5.74) is 6.29. The fourth-order valence-electron chi connectivity index (χ4n) is 2.56. The van der Waals surface area contributed by atoms with Crippen LogP contribution in [0.4, 0.5) is 0 Å². The molecular formula is C20H30N4O5. The molecule has 0 saturated carbocycles. The Morgan fingerprint density at radius 1 is 1.03 bits per heavy atom. The first-order valence-electron chi connectivity index (χ1n) is 9.55. The van der Waals surface area contributed by atoms with Crippen molar-refractivity contribution in [3.05, 3.63) is 35.9 Å². The lowest BCUT2D eigenvalue weighted by molar-refractivity contribution is -0.141. The molecule has 29 heavy (non-hydrogen) atoms. The van der Waals surface area contributed by atoms with Gasteiger partial charge in [-0.05, 0) is 18.4 Å². The summed E-state index contributed by atoms with van der Waals surface area (Å²) in [6, 6.07) is 6.17. The SMILES string of the molecule is CCC(C)C(NC(=O)C(C)N)C(=O)NCC(=O)NC(Cc1ccccc1)C(=O)O. The minimum atomic E-state index is -1.17. The van der Waals surface area contributed by atoms with Crippen molar-refractivity contribution in [1.82, 2.24) is 16.0 Å². The van der Waals surface area contributed by atoms with Gasteiger partial charge in [0.05, 0.1) is 12.6 Å². The molecule has 0 saturated heterocycles. The Bertz CT molecular complexity index is 708. The van der Waals surface area contributed by atoms with Crippen LogP contribution in [0.2, 0.25) is 0 Å². The molecule has 6 N–H and O–H groups in total. The van der Waals surface area contributed by atoms with E-state index >= 15 is 0 Å². The van der Waals surface area contributed by atoms with Crippen molar-refractivity contribution in [2.24, 2.45) is 11.7 Å². The first-order chi connectivity index (χ1) is 13.6. The van der Waals surface area contributed by atoms with Gasteiger partial charge in [0.1, 0.15) is 12.1 Å². The fraction of sp³-hybridized carbons (Fsp3) is 0.500. The highest BCUT2D eigenvalue weighted by Gasteiger charge is 2.27. The number of carbonyl (C=O) groups excluding carboxylic acids is 3. The van der Waals surface area contributed by atoms with E-state index in [1.54, 1.807) is 31.2 Å². The molecule has 0 spiro atoms. The van der Waals surface area contributed by atoms with Crippen molar-refractivity contribution in [3.8, 4) is 0 Å². The highest BCUT2D eigenvalue weighted by molar-refractivity contribution is 5.92. The summed E-state index contributed by atoms with van der Waals surface area (Å²) in [6.07, 6.45) is 0.747. The third-order valence-corrected chi connectivity index (χ3v) is 4.55. The van der Waals surface area contributed by atoms with Gasteiger partial charge in [-0.2, -0.15) is 0 Å². The zero-order chi connectivity index (χ0) is 22.0. The average Bonchev–Trinajstić information content (AvgIpc) is 2.69. The Balaban J connectivity index is 2.65. The molecule has 1 aromatic rings. The molecule has 3 amide bonds. The summed E-state index contributed by atoms with van der Waals surface area (Å²) in [4.78, 5) is 47.9. The molecular weight excluding hydrogens is 376 g/mol. The lowest BCUT2D eigenvalue weighted by atomic mass is 9.98. The first-order valence-corrected chi connectivity index (χ1v) is 9.55. The Kier molecular flexibility index (Phi) is 9.81. The van der Waals surface area contributed by atoms with Crippen LogP contribution in [0.15, 0.2) is 30.3 Å². The summed E-state index contributed by atoms with van der Waals surface area (Å²) >= 11 is 0. The minimum absolute atomic E-state index is 0.121. The van der Waals surface area contributed by atoms with Crippen LogP contribution >= 0.6 is 0 Å². The van der Waals surface area contributed by atoms with Crippen LogP contribution in [0.1, 0.15) is 32.8 Å². The van der Waals surface area contributed by atoms with E-state index < -0.39 is 48.4 Å². The number of aliphatic carboxylic acids is 1. The number of nitrogens with one attached hydrogen (secondary N) is 3. The van der Waals surface area contributed by atoms with E-state index in [1.165, 1.54) is 6.92 Å². The maximum atomic E-state index is 12.5. The third kappa shape index (κ3) is 8.30. The molecule has 0 heterocycles. The molecule has 0 radical (unpaired) electrons. The van der Waals surface area contributed by atoms with Crippen LogP contribution < -0.4 is 21.7 Å². The summed E-state index contributed by atoms with van der Waals surface area (Å²) in [7, 11) is 0. The topological polar surface area (TPSA) is 151 Å². The van der Waals surface area contributed by atoms with Gasteiger partial charge >= 0.3 is 5.97 Å². The number of hydrogen-bond acceptors (Lipinski definition) is 5. The largest absolute Gasteiger partial charge is 0.480 e. The molecule has 9 nitrogen and oxygen atoms in total. The van der Waals surface area contributed by atoms with Crippen LogP contribution in [-0.4, -0.2) is 53.5 Å². The molecule has 0 aliphatic rings. The minimum Gasteiger partial charge on any atom is -0.480 e. The second kappa shape index (κ2) is 11.8. The number of benzene rings is 1. The lowest BCUT2D eigenvalue weighted by Crippen LogP contribution is -2.55. The van der Waals surface area contributed by atoms with E-state index in [0.717, 1.165) is 5.56 Å². The van der Waals surface area contributed by atoms with Crippen LogP contribution in [0.3, 0.4) is 0 Å². The van der Waals surface area contributed by atoms with Gasteiger partial charge in [0, 0.05) is 6.42 Å². The smallest absolute Gasteiger partial charge is 0.326 e. The van der Waals surface area contributed by atoms with Crippen LogP contribution in [-0.2, 0) is 25.6 Å². The quantitative estimate of drug-likeness (QED) is 0.343. The van der Waals surface area contributed by atoms with Crippen LogP contribution in [0, 0.1) is 5.92 Å². The van der Waals surface area contributed by atoms with Gasteiger partial charge in [-0.1, -0.05) is 50.6 Å². The average molecular weight is 406 g/mol. The number of carbonyl (C=O) groups is 4. The van der Waals surface area contributed by atoms with Crippen LogP contribution in [0.25, 0.3) is 0 Å². The van der Waals surface area contributed by atoms with Gasteiger partial charge in [0.15, 0.2) is 0 Å². The van der Waals surface area contributed by atoms with Crippen molar-refractivity contribution >= 4 is 23.7 Å². The van der Waals surface area contributed by atoms with Gasteiger partial charge in [-0.25, -0.2) is 4.79 Å². The lowest BCUT2D eigenvalue weighted by Gasteiger charge is -2.24. The van der Waals surface area contributed by atoms with Gasteiger partial charge < -0.3 is 26.8 Å². The summed E-state index contributed by atoms with van der Waals surface area (Å²) in [6.45, 7) is 4.77. The molecule has 0 aliphatic carbocycles. The maximum Gasteiger partial charge on any atom is 0.326 e. The van der Waals surface area contributed by atoms with Gasteiger partial charge in [-0.3, -0.25) is 14.4 Å². The van der Waals surface area contributed by atoms with E-state index in [1.807, 2.05) is 13.0 Å². The number of amides is 3. The zero-order valence-electron chi connectivity index (χ0n) is 17.0. The van der Waals surface area contributed by atoms with Crippen molar-refractivity contribution in [1.29, 1.82) is 0 Å². The molecule has 0 aromatic heterocycles. The molecule has 0 bridgehead atoms. The Hall–Kier alpha value is -2.94. The van der Waals surface area contributed by atoms with Crippen molar-refractivity contribution in [2.75, 3.05) is 6.54 Å². The van der Waals surface area contributed by atoms with Crippen LogP contribution in [0.5, 0.6) is 0 Å². The highest BCUT2D eigenvalue weighted by atomic mass is 16.4. The third-order valence-electron chi connectivity index (χ3n) is 4.55. The molecule has 1 rings (SSSR count). The normalized spacial score (nSPS) is 14.8. The second-order valence-corrected chi connectivity index (χ2v) is 7.03. The second-order valence-electron chi connectivity index (χ2n) is 7.03. The summed E-state index contributed by atoms with van der Waals surface area (Å²) < 4.78 is 0. The predicted molar refractivity (Wildman–Crippen MR) is 108 cm³/mol. The van der Waals surface area contributed by atoms with E-state index in [2.05, 4.69) is 16.0 Å². The standard InChI is InChI=1S/C20H30N4O5/c1-4-12(2)17(24-18(26)13(3)21)19(27)22-11-16(25)23-15(20(28)29)10-14-8-6-5-7-9-14/h5-9,12-13,15,17H,4,10-11,21H2,1-3H3,(H,22,27)(H,23,25)(H,24,26)(H,28,29). The molecule has 1 aromatic carbocycles. The molecule has 4 unspecified atom stereocenters. The molecule has 0 aliphatic heterocycles. The van der Waals surface area contributed by atoms with E-state index in [4.69, 9.17) is 5.73 Å². The number of nitrogens with two attached hydrogens (primary N) is 1. The van der Waals surface area contributed by atoms with Crippen molar-refractivity contribution in [3.63, 3.8) is 0 Å². The molecule has 160 valence electrons. The number of hydrogen-bond donors (Lipinski definition) is 5. The van der Waals surface area contributed by atoms with Crippen molar-refractivity contribution < 1.29 is 24.3 Å². The number of carboxylic acid groups (broad SMARTS) is 1. The Labute approximate surface area is 170 Å². The van der Waals surface area contributed by atoms with Gasteiger partial charge in [0.2, 0.25) is 17.7 Å². The Morgan fingerprint density at radius 3 is 2.17 bits per heavy atom. The number of carboxylic acids is 1. The van der Waals surface area contributed by atoms with E-state index in [0.29, 0.717) is 6.42 Å². The zero-order valence-corrected chi connectivity index (χ0v) is 17.0. The molecule has 0 fully saturated rings. The fourth-order valence-corrected chi connectivity index (χ4v) is 2.56. The number of rotatable bonds is 11. The summed E-state index contributed by atoms with van der Waals surface area (Å²) in [5.74, 6) is -2.98. The van der Waals surface area contributed by atoms with Crippen molar-refractivity contribution in [2.45, 2.75) is 51.7 Å². The van der Waals surface area contributed by atoms with E-state index in [9.17, 15) is 24.3 Å². The predicted octanol–water partition coefficient (Wildman–Crippen LogP) is -0.207. The monoisotopic (exact) mass is 406 g/mol. The van der Waals surface area contributed by atoms with E-state index in [-0.39, 0.29) is 12.3 Å².